The first-order chi connectivity index (χ1) is 12.0. The smallest absolute Gasteiger partial charge is 0.259 e. The summed E-state index contributed by atoms with van der Waals surface area (Å²) in [5.41, 5.74) is 3.53. The number of likely N-dealkylation sites (tertiary alicyclic amines) is 1. The molecule has 3 heterocycles. The van der Waals surface area contributed by atoms with Gasteiger partial charge in [0.15, 0.2) is 5.65 Å². The number of hydrogen-bond acceptors (Lipinski definition) is 3. The Hall–Kier alpha value is -2.69. The van der Waals surface area contributed by atoms with Gasteiger partial charge in [0.05, 0.1) is 6.20 Å². The van der Waals surface area contributed by atoms with Crippen molar-refractivity contribution in [1.82, 2.24) is 19.5 Å². The van der Waals surface area contributed by atoms with Gasteiger partial charge in [-0.15, -0.1) is 0 Å². The van der Waals surface area contributed by atoms with Crippen molar-refractivity contribution in [2.24, 2.45) is 5.41 Å². The van der Waals surface area contributed by atoms with E-state index >= 15 is 0 Å². The molecule has 0 spiro atoms. The van der Waals surface area contributed by atoms with Crippen LogP contribution in [0.1, 0.15) is 41.3 Å². The molecule has 0 bridgehead atoms. The third-order valence-electron chi connectivity index (χ3n) is 5.15. The highest BCUT2D eigenvalue weighted by Crippen LogP contribution is 2.42. The van der Waals surface area contributed by atoms with Crippen LogP contribution in [0, 0.1) is 12.3 Å². The molecule has 25 heavy (non-hydrogen) atoms. The average Bonchev–Trinajstić information content (AvgIpc) is 3.15. The Labute approximate surface area is 147 Å². The van der Waals surface area contributed by atoms with Crippen molar-refractivity contribution in [1.29, 1.82) is 0 Å². The quantitative estimate of drug-likeness (QED) is 0.722. The lowest BCUT2D eigenvalue weighted by molar-refractivity contribution is 0.0779. The van der Waals surface area contributed by atoms with Crippen LogP contribution >= 0.6 is 0 Å². The van der Waals surface area contributed by atoms with Crippen LogP contribution in [0.15, 0.2) is 48.9 Å². The maximum atomic E-state index is 13.1. The number of benzene rings is 1. The number of rotatable bonds is 2. The van der Waals surface area contributed by atoms with E-state index < -0.39 is 0 Å². The fourth-order valence-electron chi connectivity index (χ4n) is 3.82. The van der Waals surface area contributed by atoms with Crippen molar-refractivity contribution in [3.05, 3.63) is 65.6 Å². The second-order valence-electron chi connectivity index (χ2n) is 7.60. The van der Waals surface area contributed by atoms with Gasteiger partial charge in [-0.25, -0.2) is 9.50 Å². The van der Waals surface area contributed by atoms with Gasteiger partial charge in [0.2, 0.25) is 0 Å². The molecule has 1 saturated heterocycles. The summed E-state index contributed by atoms with van der Waals surface area (Å²) in [5.74, 6) is 0.340. The number of hydrogen-bond donors (Lipinski definition) is 0. The third kappa shape index (κ3) is 2.69. The molecule has 128 valence electrons. The number of carbonyl (C=O) groups is 1. The average molecular weight is 334 g/mol. The molecule has 1 aliphatic heterocycles. The Kier molecular flexibility index (Phi) is 3.60. The summed E-state index contributed by atoms with van der Waals surface area (Å²) in [7, 11) is 0. The molecule has 1 atom stereocenters. The van der Waals surface area contributed by atoms with E-state index in [9.17, 15) is 4.79 Å². The molecular weight excluding hydrogens is 312 g/mol. The molecule has 0 saturated carbocycles. The van der Waals surface area contributed by atoms with E-state index in [0.717, 1.165) is 18.7 Å². The van der Waals surface area contributed by atoms with E-state index in [1.807, 2.05) is 24.1 Å². The lowest BCUT2D eigenvalue weighted by atomic mass is 9.78. The molecule has 5 heteroatoms. The normalized spacial score (nSPS) is 19.5. The summed E-state index contributed by atoms with van der Waals surface area (Å²) < 4.78 is 1.68. The maximum absolute atomic E-state index is 13.1. The number of fused-ring (bicyclic) bond motifs is 1. The molecule has 0 radical (unpaired) electrons. The fraction of sp³-hybridized carbons (Fsp3) is 0.350. The Morgan fingerprint density at radius 2 is 1.96 bits per heavy atom. The maximum Gasteiger partial charge on any atom is 0.259 e. The molecule has 1 aromatic carbocycles. The predicted octanol–water partition coefficient (Wildman–Crippen LogP) is 3.30. The SMILES string of the molecule is Cc1cnc2c(C(=O)N3C[C@@H](c4ccccc4)C(C)(C)C3)cnn2c1. The zero-order valence-corrected chi connectivity index (χ0v) is 14.8. The molecule has 2 aromatic heterocycles. The van der Waals surface area contributed by atoms with Crippen LogP contribution in [-0.2, 0) is 0 Å². The van der Waals surface area contributed by atoms with E-state index in [1.165, 1.54) is 5.56 Å². The molecule has 1 fully saturated rings. The highest BCUT2D eigenvalue weighted by molar-refractivity contribution is 5.99. The van der Waals surface area contributed by atoms with Gasteiger partial charge >= 0.3 is 0 Å². The Balaban J connectivity index is 1.65. The second kappa shape index (κ2) is 5.69. The molecule has 0 aliphatic carbocycles. The third-order valence-corrected chi connectivity index (χ3v) is 5.15. The van der Waals surface area contributed by atoms with Gasteiger partial charge in [0.1, 0.15) is 5.56 Å². The van der Waals surface area contributed by atoms with Gasteiger partial charge in [-0.3, -0.25) is 4.79 Å². The standard InChI is InChI=1S/C20H22N4O/c1-14-9-21-18-16(10-22-24(18)11-14)19(25)23-12-17(20(2,3)13-23)15-7-5-4-6-8-15/h4-11,17H,12-13H2,1-3H3/t17-/m0/s1. The topological polar surface area (TPSA) is 50.5 Å². The minimum absolute atomic E-state index is 0.0119. The first-order valence-corrected chi connectivity index (χ1v) is 8.60. The van der Waals surface area contributed by atoms with Crippen LogP contribution in [0.4, 0.5) is 0 Å². The largest absolute Gasteiger partial charge is 0.337 e. The van der Waals surface area contributed by atoms with E-state index in [-0.39, 0.29) is 11.3 Å². The Bertz CT molecular complexity index is 929. The second-order valence-corrected chi connectivity index (χ2v) is 7.60. The van der Waals surface area contributed by atoms with E-state index in [1.54, 1.807) is 16.9 Å². The van der Waals surface area contributed by atoms with Crippen molar-refractivity contribution in [2.45, 2.75) is 26.7 Å². The first kappa shape index (κ1) is 15.8. The van der Waals surface area contributed by atoms with Crippen LogP contribution in [-0.4, -0.2) is 38.5 Å². The number of amides is 1. The summed E-state index contributed by atoms with van der Waals surface area (Å²) in [6, 6.07) is 10.5. The van der Waals surface area contributed by atoms with Crippen molar-refractivity contribution in [3.63, 3.8) is 0 Å². The minimum Gasteiger partial charge on any atom is -0.337 e. The van der Waals surface area contributed by atoms with Crippen LogP contribution in [0.2, 0.25) is 0 Å². The van der Waals surface area contributed by atoms with Gasteiger partial charge in [0, 0.05) is 31.4 Å². The van der Waals surface area contributed by atoms with Gasteiger partial charge in [-0.2, -0.15) is 5.10 Å². The van der Waals surface area contributed by atoms with Crippen molar-refractivity contribution in [2.75, 3.05) is 13.1 Å². The zero-order valence-electron chi connectivity index (χ0n) is 14.8. The summed E-state index contributed by atoms with van der Waals surface area (Å²) in [5, 5.41) is 4.29. The van der Waals surface area contributed by atoms with Crippen molar-refractivity contribution >= 4 is 11.6 Å². The lowest BCUT2D eigenvalue weighted by Gasteiger charge is -2.25. The highest BCUT2D eigenvalue weighted by Gasteiger charge is 2.42. The molecule has 1 amide bonds. The van der Waals surface area contributed by atoms with Crippen molar-refractivity contribution < 1.29 is 4.79 Å². The molecule has 3 aromatic rings. The molecule has 1 aliphatic rings. The van der Waals surface area contributed by atoms with Crippen LogP contribution in [0.25, 0.3) is 5.65 Å². The summed E-state index contributed by atoms with van der Waals surface area (Å²) in [4.78, 5) is 19.4. The Morgan fingerprint density at radius 3 is 2.72 bits per heavy atom. The van der Waals surface area contributed by atoms with Gasteiger partial charge in [0.25, 0.3) is 5.91 Å². The van der Waals surface area contributed by atoms with Crippen LogP contribution < -0.4 is 0 Å². The highest BCUT2D eigenvalue weighted by atomic mass is 16.2. The first-order valence-electron chi connectivity index (χ1n) is 8.60. The number of nitrogens with zero attached hydrogens (tertiary/aromatic N) is 4. The number of carbonyl (C=O) groups excluding carboxylic acids is 1. The number of aromatic nitrogens is 3. The van der Waals surface area contributed by atoms with Crippen LogP contribution in [0.3, 0.4) is 0 Å². The summed E-state index contributed by atoms with van der Waals surface area (Å²) in [6.45, 7) is 7.88. The number of aryl methyl sites for hydroxylation is 1. The van der Waals surface area contributed by atoms with E-state index in [0.29, 0.717) is 17.1 Å². The van der Waals surface area contributed by atoms with Crippen LogP contribution in [0.5, 0.6) is 0 Å². The minimum atomic E-state index is 0.0119. The summed E-state index contributed by atoms with van der Waals surface area (Å²) in [6.07, 6.45) is 5.29. The van der Waals surface area contributed by atoms with Gasteiger partial charge in [-0.1, -0.05) is 44.2 Å². The van der Waals surface area contributed by atoms with E-state index in [4.69, 9.17) is 0 Å². The molecule has 5 nitrogen and oxygen atoms in total. The van der Waals surface area contributed by atoms with Gasteiger partial charge < -0.3 is 4.90 Å². The fourth-order valence-corrected chi connectivity index (χ4v) is 3.82. The van der Waals surface area contributed by atoms with Gasteiger partial charge in [-0.05, 0) is 23.5 Å². The van der Waals surface area contributed by atoms with Crippen molar-refractivity contribution in [3.8, 4) is 0 Å². The predicted molar refractivity (Wildman–Crippen MR) is 96.6 cm³/mol. The molecule has 0 N–H and O–H groups in total. The zero-order chi connectivity index (χ0) is 17.6. The summed E-state index contributed by atoms with van der Waals surface area (Å²) >= 11 is 0. The molecular formula is C20H22N4O. The lowest BCUT2D eigenvalue weighted by Crippen LogP contribution is -2.30. The monoisotopic (exact) mass is 334 g/mol. The van der Waals surface area contributed by atoms with E-state index in [2.05, 4.69) is 48.2 Å². The molecule has 4 rings (SSSR count). The Morgan fingerprint density at radius 1 is 1.20 bits per heavy atom. The molecule has 0 unspecified atom stereocenters.